The van der Waals surface area contributed by atoms with Crippen molar-refractivity contribution in [1.29, 1.82) is 0 Å². The summed E-state index contributed by atoms with van der Waals surface area (Å²) in [6.45, 7) is 0. The number of hydrogen-bond acceptors (Lipinski definition) is 2. The number of hydrogen-bond donors (Lipinski definition) is 0. The molecule has 0 saturated carbocycles. The van der Waals surface area contributed by atoms with E-state index < -0.39 is 0 Å². The molecule has 2 aliphatic rings. The average molecular weight is 208 g/mol. The lowest BCUT2D eigenvalue weighted by Crippen LogP contribution is -2.33. The topological polar surface area (TPSA) is 25.8 Å². The van der Waals surface area contributed by atoms with Crippen LogP contribution in [0.5, 0.6) is 0 Å². The van der Waals surface area contributed by atoms with E-state index in [1.807, 2.05) is 30.4 Å². The SMILES string of the molecule is C1=CCC=c2nc3c(nc2=C1)C=CC=CC3. The Balaban J connectivity index is 2.30. The van der Waals surface area contributed by atoms with Gasteiger partial charge < -0.3 is 0 Å². The lowest BCUT2D eigenvalue weighted by atomic mass is 10.2. The van der Waals surface area contributed by atoms with Crippen molar-refractivity contribution in [2.75, 3.05) is 0 Å². The minimum Gasteiger partial charge on any atom is -0.249 e. The molecule has 0 saturated heterocycles. The smallest absolute Gasteiger partial charge is 0.0891 e. The van der Waals surface area contributed by atoms with Gasteiger partial charge in [0.2, 0.25) is 0 Å². The lowest BCUT2D eigenvalue weighted by molar-refractivity contribution is 0.985. The predicted octanol–water partition coefficient (Wildman–Crippen LogP) is 1.12. The van der Waals surface area contributed by atoms with Gasteiger partial charge in [-0.05, 0) is 18.6 Å². The number of nitrogens with zero attached hydrogens (tertiary/aromatic N) is 2. The molecule has 1 heterocycles. The van der Waals surface area contributed by atoms with Crippen molar-refractivity contribution >= 4 is 18.2 Å². The molecule has 0 aromatic carbocycles. The fourth-order valence-electron chi connectivity index (χ4n) is 1.89. The Morgan fingerprint density at radius 2 is 1.94 bits per heavy atom. The first-order valence-electron chi connectivity index (χ1n) is 5.51. The Bertz CT molecular complexity index is 619. The van der Waals surface area contributed by atoms with Gasteiger partial charge in [-0.1, -0.05) is 36.5 Å². The highest BCUT2D eigenvalue weighted by molar-refractivity contribution is 5.52. The van der Waals surface area contributed by atoms with Crippen LogP contribution in [0.15, 0.2) is 30.4 Å². The lowest BCUT2D eigenvalue weighted by Gasteiger charge is -2.00. The Hall–Kier alpha value is -1.96. The van der Waals surface area contributed by atoms with E-state index in [0.29, 0.717) is 0 Å². The summed E-state index contributed by atoms with van der Waals surface area (Å²) in [6, 6.07) is 0. The first kappa shape index (κ1) is 9.28. The molecule has 2 heteroatoms. The van der Waals surface area contributed by atoms with Crippen molar-refractivity contribution in [2.45, 2.75) is 12.8 Å². The van der Waals surface area contributed by atoms with Crippen LogP contribution in [0.3, 0.4) is 0 Å². The molecular weight excluding hydrogens is 196 g/mol. The largest absolute Gasteiger partial charge is 0.249 e. The van der Waals surface area contributed by atoms with Crippen LogP contribution in [-0.4, -0.2) is 9.97 Å². The second-order valence-electron chi connectivity index (χ2n) is 3.85. The Morgan fingerprint density at radius 1 is 0.938 bits per heavy atom. The van der Waals surface area contributed by atoms with Crippen molar-refractivity contribution in [1.82, 2.24) is 9.97 Å². The van der Waals surface area contributed by atoms with Gasteiger partial charge in [0.15, 0.2) is 0 Å². The van der Waals surface area contributed by atoms with Gasteiger partial charge >= 0.3 is 0 Å². The summed E-state index contributed by atoms with van der Waals surface area (Å²) in [4.78, 5) is 9.33. The summed E-state index contributed by atoms with van der Waals surface area (Å²) in [5.74, 6) is 0. The zero-order valence-electron chi connectivity index (χ0n) is 8.93. The molecule has 2 nitrogen and oxygen atoms in total. The van der Waals surface area contributed by atoms with Crippen LogP contribution in [0.4, 0.5) is 0 Å². The van der Waals surface area contributed by atoms with E-state index in [-0.39, 0.29) is 0 Å². The van der Waals surface area contributed by atoms with E-state index in [1.54, 1.807) is 0 Å². The molecule has 16 heavy (non-hydrogen) atoms. The van der Waals surface area contributed by atoms with Crippen LogP contribution >= 0.6 is 0 Å². The standard InChI is InChI=1S/C14H12N2/c1-3-7-11-12(8-4-1)16-14-10-6-2-5-9-13(14)15-11/h1-5,7,9-10H,6,8H2. The summed E-state index contributed by atoms with van der Waals surface area (Å²) in [6.07, 6.45) is 18.3. The number of rotatable bonds is 0. The number of allylic oxidation sites excluding steroid dienone is 5. The normalized spacial score (nSPS) is 16.5. The predicted molar refractivity (Wildman–Crippen MR) is 65.8 cm³/mol. The summed E-state index contributed by atoms with van der Waals surface area (Å²) >= 11 is 0. The highest BCUT2D eigenvalue weighted by atomic mass is 14.8. The van der Waals surface area contributed by atoms with Crippen LogP contribution in [0.2, 0.25) is 0 Å². The summed E-state index contributed by atoms with van der Waals surface area (Å²) in [7, 11) is 0. The molecule has 0 unspecified atom stereocenters. The van der Waals surface area contributed by atoms with Gasteiger partial charge in [-0.15, -0.1) is 0 Å². The van der Waals surface area contributed by atoms with E-state index in [2.05, 4.69) is 28.2 Å². The molecule has 0 radical (unpaired) electrons. The van der Waals surface area contributed by atoms with Crippen LogP contribution in [-0.2, 0) is 6.42 Å². The molecule has 0 aliphatic heterocycles. The van der Waals surface area contributed by atoms with Crippen LogP contribution in [0.1, 0.15) is 17.8 Å². The molecule has 1 aromatic rings. The first-order valence-corrected chi connectivity index (χ1v) is 5.51. The van der Waals surface area contributed by atoms with Crippen molar-refractivity contribution in [2.24, 2.45) is 0 Å². The third kappa shape index (κ3) is 1.63. The van der Waals surface area contributed by atoms with E-state index in [1.165, 1.54) is 0 Å². The Morgan fingerprint density at radius 3 is 2.94 bits per heavy atom. The highest BCUT2D eigenvalue weighted by Gasteiger charge is 2.04. The van der Waals surface area contributed by atoms with E-state index in [9.17, 15) is 0 Å². The molecular formula is C14H12N2. The second-order valence-corrected chi connectivity index (χ2v) is 3.85. The monoisotopic (exact) mass is 208 g/mol. The molecule has 0 atom stereocenters. The van der Waals surface area contributed by atoms with Crippen molar-refractivity contribution in [3.63, 3.8) is 0 Å². The van der Waals surface area contributed by atoms with Gasteiger partial charge in [-0.2, -0.15) is 0 Å². The maximum atomic E-state index is 4.68. The van der Waals surface area contributed by atoms with Gasteiger partial charge in [-0.25, -0.2) is 9.97 Å². The second kappa shape index (κ2) is 3.89. The van der Waals surface area contributed by atoms with Gasteiger partial charge in [-0.3, -0.25) is 0 Å². The Labute approximate surface area is 94.1 Å². The van der Waals surface area contributed by atoms with Crippen molar-refractivity contribution in [3.05, 3.63) is 52.5 Å². The van der Waals surface area contributed by atoms with Crippen molar-refractivity contribution in [3.8, 4) is 0 Å². The highest BCUT2D eigenvalue weighted by Crippen LogP contribution is 2.07. The van der Waals surface area contributed by atoms with Crippen LogP contribution in [0, 0.1) is 0 Å². The Kier molecular flexibility index (Phi) is 2.26. The average Bonchev–Trinajstić information content (AvgIpc) is 2.64. The van der Waals surface area contributed by atoms with Gasteiger partial charge in [0, 0.05) is 6.42 Å². The molecule has 0 bridgehead atoms. The third-order valence-corrected chi connectivity index (χ3v) is 2.70. The molecule has 3 rings (SSSR count). The maximum absolute atomic E-state index is 4.68. The molecule has 78 valence electrons. The molecule has 0 fully saturated rings. The quantitative estimate of drug-likeness (QED) is 0.638. The van der Waals surface area contributed by atoms with E-state index in [4.69, 9.17) is 0 Å². The summed E-state index contributed by atoms with van der Waals surface area (Å²) < 4.78 is 0. The third-order valence-electron chi connectivity index (χ3n) is 2.70. The molecule has 1 aromatic heterocycles. The number of aromatic nitrogens is 2. The van der Waals surface area contributed by atoms with E-state index in [0.717, 1.165) is 34.9 Å². The zero-order chi connectivity index (χ0) is 10.8. The molecule has 0 amide bonds. The fraction of sp³-hybridized carbons (Fsp3) is 0.143. The van der Waals surface area contributed by atoms with Gasteiger partial charge in [0.25, 0.3) is 0 Å². The van der Waals surface area contributed by atoms with E-state index >= 15 is 0 Å². The van der Waals surface area contributed by atoms with Crippen LogP contribution in [0.25, 0.3) is 18.2 Å². The molecule has 0 N–H and O–H groups in total. The first-order chi connectivity index (χ1) is 7.93. The molecule has 2 aliphatic carbocycles. The number of fused-ring (bicyclic) bond motifs is 2. The maximum Gasteiger partial charge on any atom is 0.0891 e. The van der Waals surface area contributed by atoms with Gasteiger partial charge in [0.05, 0.1) is 22.1 Å². The fourth-order valence-corrected chi connectivity index (χ4v) is 1.89. The summed E-state index contributed by atoms with van der Waals surface area (Å²) in [5, 5.41) is 1.98. The van der Waals surface area contributed by atoms with Crippen molar-refractivity contribution < 1.29 is 0 Å². The minimum absolute atomic E-state index is 0.865. The minimum atomic E-state index is 0.865. The molecule has 0 spiro atoms. The van der Waals surface area contributed by atoms with Crippen LogP contribution < -0.4 is 10.7 Å². The summed E-state index contributed by atoms with van der Waals surface area (Å²) in [5.41, 5.74) is 2.05. The zero-order valence-corrected chi connectivity index (χ0v) is 8.93. The van der Waals surface area contributed by atoms with Gasteiger partial charge in [0.1, 0.15) is 0 Å².